The van der Waals surface area contributed by atoms with Crippen LogP contribution in [0, 0.1) is 17.3 Å². The topological polar surface area (TPSA) is 32.3 Å². The summed E-state index contributed by atoms with van der Waals surface area (Å²) in [5, 5.41) is 3.42. The minimum Gasteiger partial charge on any atom is -0.349 e. The van der Waals surface area contributed by atoms with Gasteiger partial charge in [0.05, 0.1) is 6.54 Å². The summed E-state index contributed by atoms with van der Waals surface area (Å²) in [6.07, 6.45) is 6.47. The van der Waals surface area contributed by atoms with Gasteiger partial charge in [-0.15, -0.1) is 0 Å². The van der Waals surface area contributed by atoms with Gasteiger partial charge in [0.1, 0.15) is 0 Å². The molecule has 1 aliphatic heterocycles. The zero-order valence-electron chi connectivity index (χ0n) is 12.7. The van der Waals surface area contributed by atoms with Crippen LogP contribution >= 0.6 is 0 Å². The Morgan fingerprint density at radius 1 is 1.16 bits per heavy atom. The van der Waals surface area contributed by atoms with Crippen LogP contribution in [-0.2, 0) is 4.79 Å². The van der Waals surface area contributed by atoms with Crippen LogP contribution in [0.15, 0.2) is 0 Å². The maximum Gasteiger partial charge on any atom is 0.234 e. The molecule has 1 N–H and O–H groups in total. The standard InChI is InChI=1S/C16H28N2O/c1-15(2)12-6-7-13(10-12)16(15,3)17-14(19)11-18-8-4-5-9-18/h12-13H,4-11H2,1-3H3,(H,17,19). The fourth-order valence-corrected chi connectivity index (χ4v) is 4.85. The van der Waals surface area contributed by atoms with Crippen molar-refractivity contribution in [3.63, 3.8) is 0 Å². The lowest BCUT2D eigenvalue weighted by Gasteiger charge is -2.48. The molecule has 0 aromatic heterocycles. The molecule has 0 radical (unpaired) electrons. The Labute approximate surface area is 117 Å². The van der Waals surface area contributed by atoms with Crippen molar-refractivity contribution in [1.82, 2.24) is 10.2 Å². The van der Waals surface area contributed by atoms with Gasteiger partial charge in [0.25, 0.3) is 0 Å². The zero-order chi connectivity index (χ0) is 13.7. The molecule has 1 saturated heterocycles. The van der Waals surface area contributed by atoms with Gasteiger partial charge in [0.15, 0.2) is 0 Å². The highest BCUT2D eigenvalue weighted by Crippen LogP contribution is 2.61. The van der Waals surface area contributed by atoms with Crippen molar-refractivity contribution in [2.24, 2.45) is 17.3 Å². The van der Waals surface area contributed by atoms with Gasteiger partial charge in [-0.05, 0) is 69.4 Å². The van der Waals surface area contributed by atoms with E-state index in [2.05, 4.69) is 31.0 Å². The second-order valence-electron chi connectivity index (χ2n) is 7.66. The first-order valence-electron chi connectivity index (χ1n) is 7.97. The third kappa shape index (κ3) is 2.01. The van der Waals surface area contributed by atoms with Crippen LogP contribution in [0.2, 0.25) is 0 Å². The first kappa shape index (κ1) is 13.4. The molecular weight excluding hydrogens is 236 g/mol. The van der Waals surface area contributed by atoms with E-state index in [1.807, 2.05) is 0 Å². The lowest BCUT2D eigenvalue weighted by molar-refractivity contribution is -0.126. The molecule has 3 fully saturated rings. The van der Waals surface area contributed by atoms with Crippen LogP contribution in [0.3, 0.4) is 0 Å². The third-order valence-electron chi connectivity index (χ3n) is 6.57. The van der Waals surface area contributed by atoms with Crippen LogP contribution in [0.4, 0.5) is 0 Å². The van der Waals surface area contributed by atoms with E-state index in [0.29, 0.717) is 12.5 Å². The number of amides is 1. The molecule has 3 rings (SSSR count). The van der Waals surface area contributed by atoms with Crippen LogP contribution < -0.4 is 5.32 Å². The average Bonchev–Trinajstić information content (AvgIpc) is 2.99. The summed E-state index contributed by atoms with van der Waals surface area (Å²) >= 11 is 0. The second-order valence-corrected chi connectivity index (χ2v) is 7.66. The lowest BCUT2D eigenvalue weighted by Crippen LogP contribution is -2.60. The molecule has 1 heterocycles. The number of fused-ring (bicyclic) bond motifs is 2. The van der Waals surface area contributed by atoms with Gasteiger partial charge < -0.3 is 5.32 Å². The van der Waals surface area contributed by atoms with Crippen molar-refractivity contribution in [3.8, 4) is 0 Å². The van der Waals surface area contributed by atoms with Crippen molar-refractivity contribution < 1.29 is 4.79 Å². The van der Waals surface area contributed by atoms with Crippen molar-refractivity contribution in [2.45, 2.75) is 58.4 Å². The first-order valence-corrected chi connectivity index (χ1v) is 7.97. The molecule has 2 saturated carbocycles. The Bertz CT molecular complexity index is 373. The summed E-state index contributed by atoms with van der Waals surface area (Å²) in [7, 11) is 0. The molecule has 3 atom stereocenters. The SMILES string of the molecule is CC1(C)C2CCC(C2)C1(C)NC(=O)CN1CCCC1. The normalized spacial score (nSPS) is 40.8. The van der Waals surface area contributed by atoms with Gasteiger partial charge in [-0.1, -0.05) is 13.8 Å². The van der Waals surface area contributed by atoms with E-state index < -0.39 is 0 Å². The molecule has 3 aliphatic rings. The van der Waals surface area contributed by atoms with Crippen LogP contribution in [0.1, 0.15) is 52.9 Å². The number of rotatable bonds is 3. The molecular formula is C16H28N2O. The number of nitrogens with zero attached hydrogens (tertiary/aromatic N) is 1. The molecule has 0 spiro atoms. The van der Waals surface area contributed by atoms with E-state index in [-0.39, 0.29) is 16.9 Å². The average molecular weight is 264 g/mol. The Morgan fingerprint density at radius 3 is 2.37 bits per heavy atom. The van der Waals surface area contributed by atoms with Crippen LogP contribution in [0.25, 0.3) is 0 Å². The largest absolute Gasteiger partial charge is 0.349 e. The molecule has 108 valence electrons. The maximum absolute atomic E-state index is 12.4. The Morgan fingerprint density at radius 2 is 1.79 bits per heavy atom. The lowest BCUT2D eigenvalue weighted by atomic mass is 9.64. The zero-order valence-corrected chi connectivity index (χ0v) is 12.7. The van der Waals surface area contributed by atoms with Gasteiger partial charge in [-0.25, -0.2) is 0 Å². The highest BCUT2D eigenvalue weighted by Gasteiger charge is 2.60. The quantitative estimate of drug-likeness (QED) is 0.849. The number of nitrogens with one attached hydrogen (secondary N) is 1. The molecule has 2 aliphatic carbocycles. The van der Waals surface area contributed by atoms with Gasteiger partial charge in [0, 0.05) is 5.54 Å². The van der Waals surface area contributed by atoms with E-state index >= 15 is 0 Å². The molecule has 3 nitrogen and oxygen atoms in total. The molecule has 3 unspecified atom stereocenters. The molecule has 19 heavy (non-hydrogen) atoms. The summed E-state index contributed by atoms with van der Waals surface area (Å²) in [6, 6.07) is 0. The van der Waals surface area contributed by atoms with Gasteiger partial charge in [0.2, 0.25) is 5.91 Å². The smallest absolute Gasteiger partial charge is 0.234 e. The highest BCUT2D eigenvalue weighted by molar-refractivity contribution is 5.79. The summed E-state index contributed by atoms with van der Waals surface area (Å²) in [5.41, 5.74) is 0.253. The van der Waals surface area contributed by atoms with E-state index in [1.54, 1.807) is 0 Å². The Hall–Kier alpha value is -0.570. The molecule has 0 aromatic carbocycles. The van der Waals surface area contributed by atoms with E-state index in [0.717, 1.165) is 19.0 Å². The van der Waals surface area contributed by atoms with Crippen molar-refractivity contribution in [1.29, 1.82) is 0 Å². The molecule has 1 amide bonds. The van der Waals surface area contributed by atoms with Gasteiger partial charge >= 0.3 is 0 Å². The maximum atomic E-state index is 12.4. The molecule has 3 heteroatoms. The van der Waals surface area contributed by atoms with Crippen LogP contribution in [0.5, 0.6) is 0 Å². The van der Waals surface area contributed by atoms with Crippen molar-refractivity contribution in [3.05, 3.63) is 0 Å². The predicted molar refractivity (Wildman–Crippen MR) is 76.8 cm³/mol. The minimum absolute atomic E-state index is 0.00667. The predicted octanol–water partition coefficient (Wildman–Crippen LogP) is 2.41. The number of hydrogen-bond donors (Lipinski definition) is 1. The minimum atomic E-state index is 0.00667. The molecule has 0 aromatic rings. The van der Waals surface area contributed by atoms with Gasteiger partial charge in [-0.3, -0.25) is 9.69 Å². The molecule has 2 bridgehead atoms. The van der Waals surface area contributed by atoms with E-state index in [4.69, 9.17) is 0 Å². The first-order chi connectivity index (χ1) is 8.93. The number of likely N-dealkylation sites (tertiary alicyclic amines) is 1. The Kier molecular flexibility index (Phi) is 3.16. The summed E-state index contributed by atoms with van der Waals surface area (Å²) in [4.78, 5) is 14.7. The number of carbonyl (C=O) groups excluding carboxylic acids is 1. The van der Waals surface area contributed by atoms with Crippen molar-refractivity contribution in [2.75, 3.05) is 19.6 Å². The monoisotopic (exact) mass is 264 g/mol. The summed E-state index contributed by atoms with van der Waals surface area (Å²) in [6.45, 7) is 9.79. The summed E-state index contributed by atoms with van der Waals surface area (Å²) < 4.78 is 0. The second kappa shape index (κ2) is 4.47. The van der Waals surface area contributed by atoms with Crippen LogP contribution in [-0.4, -0.2) is 36.0 Å². The van der Waals surface area contributed by atoms with Crippen molar-refractivity contribution >= 4 is 5.91 Å². The number of hydrogen-bond acceptors (Lipinski definition) is 2. The number of carbonyl (C=O) groups is 1. The fourth-order valence-electron chi connectivity index (χ4n) is 4.85. The third-order valence-corrected chi connectivity index (χ3v) is 6.57. The Balaban J connectivity index is 1.66. The van der Waals surface area contributed by atoms with E-state index in [9.17, 15) is 4.79 Å². The highest BCUT2D eigenvalue weighted by atomic mass is 16.2. The fraction of sp³-hybridized carbons (Fsp3) is 0.938. The van der Waals surface area contributed by atoms with Gasteiger partial charge in [-0.2, -0.15) is 0 Å². The summed E-state index contributed by atoms with van der Waals surface area (Å²) in [5.74, 6) is 1.73. The van der Waals surface area contributed by atoms with E-state index in [1.165, 1.54) is 32.1 Å².